The van der Waals surface area contributed by atoms with Gasteiger partial charge in [0.1, 0.15) is 19.3 Å². The van der Waals surface area contributed by atoms with Crippen LogP contribution in [0.1, 0.15) is 71.1 Å². The van der Waals surface area contributed by atoms with Crippen LogP contribution in [0.2, 0.25) is 0 Å². The summed E-state index contributed by atoms with van der Waals surface area (Å²) in [4.78, 5) is 12.0. The van der Waals surface area contributed by atoms with E-state index in [0.29, 0.717) is 24.2 Å². The third kappa shape index (κ3) is 29.5. The van der Waals surface area contributed by atoms with Gasteiger partial charge in [-0.2, -0.15) is 0 Å². The monoisotopic (exact) mass is 569 g/mol. The normalized spacial score (nSPS) is 15.2. The number of hydrogen-bond acceptors (Lipinski definition) is 6. The van der Waals surface area contributed by atoms with E-state index in [1.165, 1.54) is 25.7 Å². The third-order valence-electron chi connectivity index (χ3n) is 5.55. The largest absolute Gasteiger partial charge is 0.756 e. The highest BCUT2D eigenvalue weighted by Gasteiger charge is 2.17. The molecule has 0 fully saturated rings. The van der Waals surface area contributed by atoms with Crippen molar-refractivity contribution in [3.05, 3.63) is 61.3 Å². The molecule has 1 unspecified atom stereocenters. The van der Waals surface area contributed by atoms with E-state index < -0.39 is 13.9 Å². The molecule has 0 aliphatic rings. The molecular formula is C31H56NO6P. The quantitative estimate of drug-likeness (QED) is 0.0462. The van der Waals surface area contributed by atoms with E-state index in [-0.39, 0.29) is 19.8 Å². The first-order chi connectivity index (χ1) is 18.7. The van der Waals surface area contributed by atoms with Gasteiger partial charge in [-0.1, -0.05) is 74.4 Å². The second-order valence-corrected chi connectivity index (χ2v) is 11.9. The van der Waals surface area contributed by atoms with Gasteiger partial charge in [-0.05, 0) is 51.4 Å². The van der Waals surface area contributed by atoms with Crippen molar-refractivity contribution in [1.82, 2.24) is 0 Å². The smallest absolute Gasteiger partial charge is 0.268 e. The minimum Gasteiger partial charge on any atom is -0.756 e. The molecule has 0 rings (SSSR count). The van der Waals surface area contributed by atoms with E-state index in [0.717, 1.165) is 38.5 Å². The number of quaternary nitrogens is 1. The lowest BCUT2D eigenvalue weighted by Crippen LogP contribution is -2.37. The predicted octanol–water partition coefficient (Wildman–Crippen LogP) is 6.93. The van der Waals surface area contributed by atoms with Crippen molar-refractivity contribution in [1.29, 1.82) is 0 Å². The van der Waals surface area contributed by atoms with Gasteiger partial charge in [0.2, 0.25) is 0 Å². The van der Waals surface area contributed by atoms with E-state index in [2.05, 4.69) is 62.1 Å². The van der Waals surface area contributed by atoms with Crippen molar-refractivity contribution in [2.75, 3.05) is 60.7 Å². The van der Waals surface area contributed by atoms with Crippen LogP contribution in [0.5, 0.6) is 0 Å². The predicted molar refractivity (Wildman–Crippen MR) is 162 cm³/mol. The Morgan fingerprint density at radius 2 is 1.36 bits per heavy atom. The number of phosphoric acid groups is 1. The summed E-state index contributed by atoms with van der Waals surface area (Å²) in [5.74, 6) is 0. The molecule has 0 heterocycles. The summed E-state index contributed by atoms with van der Waals surface area (Å²) in [5, 5.41) is 0. The molecular weight excluding hydrogens is 513 g/mol. The molecule has 2 atom stereocenters. The lowest BCUT2D eigenvalue weighted by atomic mass is 10.2. The Kier molecular flexibility index (Phi) is 24.8. The summed E-state index contributed by atoms with van der Waals surface area (Å²) in [5.41, 5.74) is 0. The molecule has 7 nitrogen and oxygen atoms in total. The van der Waals surface area contributed by atoms with Crippen molar-refractivity contribution in [2.45, 2.75) is 77.2 Å². The molecule has 0 N–H and O–H groups in total. The molecule has 8 heteroatoms. The first kappa shape index (κ1) is 37.7. The summed E-state index contributed by atoms with van der Waals surface area (Å²) < 4.78 is 33.9. The third-order valence-corrected chi connectivity index (χ3v) is 6.51. The molecule has 39 heavy (non-hydrogen) atoms. The Balaban J connectivity index is 4.02. The topological polar surface area (TPSA) is 77.1 Å². The van der Waals surface area contributed by atoms with Crippen molar-refractivity contribution in [2.24, 2.45) is 0 Å². The zero-order chi connectivity index (χ0) is 29.1. The Morgan fingerprint density at radius 3 is 1.90 bits per heavy atom. The molecule has 0 spiro atoms. The highest BCUT2D eigenvalue weighted by Crippen LogP contribution is 2.38. The highest BCUT2D eigenvalue weighted by atomic mass is 31.2. The Bertz CT molecular complexity index is 742. The van der Waals surface area contributed by atoms with Crippen molar-refractivity contribution >= 4 is 7.82 Å². The van der Waals surface area contributed by atoms with E-state index >= 15 is 0 Å². The van der Waals surface area contributed by atoms with Crippen molar-refractivity contribution in [3.63, 3.8) is 0 Å². The van der Waals surface area contributed by atoms with Crippen LogP contribution in [-0.2, 0) is 23.1 Å². The molecule has 0 aliphatic carbocycles. The second-order valence-electron chi connectivity index (χ2n) is 10.5. The second kappa shape index (κ2) is 25.6. The van der Waals surface area contributed by atoms with E-state index in [1.807, 2.05) is 21.1 Å². The van der Waals surface area contributed by atoms with E-state index in [4.69, 9.17) is 18.5 Å². The molecule has 0 saturated heterocycles. The van der Waals surface area contributed by atoms with Gasteiger partial charge >= 0.3 is 0 Å². The Morgan fingerprint density at radius 1 is 0.795 bits per heavy atom. The standard InChI is InChI=1S/C31H56NO6P/c1-6-8-9-10-11-12-13-14-15-16-17-18-19-20-21-22-23-24-27-36-31(29-35-26-7-2)30-38-39(33,34)37-28-25-32(3,4)5/h7,11-12,14-15,17-18,20-21,31H,2,6,8-10,13,16,19,22-30H2,1,3-5H3/b12-11-,15-14-,18-17-,21-20-/t31-/m1/s1. The van der Waals surface area contributed by atoms with Crippen molar-refractivity contribution < 1.29 is 32.5 Å². The molecule has 226 valence electrons. The summed E-state index contributed by atoms with van der Waals surface area (Å²) in [6, 6.07) is 0. The van der Waals surface area contributed by atoms with Gasteiger partial charge in [-0.15, -0.1) is 6.58 Å². The van der Waals surface area contributed by atoms with Crippen LogP contribution in [0.3, 0.4) is 0 Å². The molecule has 0 amide bonds. The number of rotatable bonds is 27. The number of phosphoric ester groups is 1. The van der Waals surface area contributed by atoms with Gasteiger partial charge in [-0.25, -0.2) is 0 Å². The maximum atomic E-state index is 12.0. The molecule has 0 aromatic rings. The van der Waals surface area contributed by atoms with Gasteiger partial charge in [0.15, 0.2) is 0 Å². The fraction of sp³-hybridized carbons (Fsp3) is 0.677. The van der Waals surface area contributed by atoms with Gasteiger partial charge in [-0.3, -0.25) is 4.57 Å². The first-order valence-corrected chi connectivity index (χ1v) is 16.0. The van der Waals surface area contributed by atoms with Gasteiger partial charge < -0.3 is 27.9 Å². The van der Waals surface area contributed by atoms with Crippen LogP contribution in [0.4, 0.5) is 0 Å². The Hall–Kier alpha value is -1.31. The maximum absolute atomic E-state index is 12.0. The van der Waals surface area contributed by atoms with Crippen LogP contribution >= 0.6 is 7.82 Å². The zero-order valence-corrected chi connectivity index (χ0v) is 26.0. The molecule has 0 aromatic heterocycles. The average Bonchev–Trinajstić information content (AvgIpc) is 2.87. The van der Waals surface area contributed by atoms with E-state index in [1.54, 1.807) is 6.08 Å². The lowest BCUT2D eigenvalue weighted by Gasteiger charge is -2.28. The number of unbranched alkanes of at least 4 members (excludes halogenated alkanes) is 5. The molecule has 0 saturated carbocycles. The van der Waals surface area contributed by atoms with Crippen LogP contribution in [0.15, 0.2) is 61.3 Å². The van der Waals surface area contributed by atoms with Crippen LogP contribution < -0.4 is 4.89 Å². The fourth-order valence-corrected chi connectivity index (χ4v) is 3.97. The Labute approximate surface area is 239 Å². The number of allylic oxidation sites excluding steroid dienone is 8. The van der Waals surface area contributed by atoms with Crippen LogP contribution in [0.25, 0.3) is 0 Å². The first-order valence-electron chi connectivity index (χ1n) is 14.5. The van der Waals surface area contributed by atoms with Gasteiger partial charge in [0, 0.05) is 6.61 Å². The lowest BCUT2D eigenvalue weighted by molar-refractivity contribution is -0.870. The zero-order valence-electron chi connectivity index (χ0n) is 25.1. The van der Waals surface area contributed by atoms with Crippen molar-refractivity contribution in [3.8, 4) is 0 Å². The van der Waals surface area contributed by atoms with Gasteiger partial charge in [0.05, 0.1) is 41.0 Å². The molecule has 0 bridgehead atoms. The summed E-state index contributed by atoms with van der Waals surface area (Å²) in [6.07, 6.45) is 29.7. The van der Waals surface area contributed by atoms with Gasteiger partial charge in [0.25, 0.3) is 7.82 Å². The number of likely N-dealkylation sites (N-methyl/N-ethyl adjacent to an activating group) is 1. The average molecular weight is 570 g/mol. The highest BCUT2D eigenvalue weighted by molar-refractivity contribution is 7.45. The number of ether oxygens (including phenoxy) is 2. The molecule has 0 radical (unpaired) electrons. The number of hydrogen-bond donors (Lipinski definition) is 0. The number of nitrogens with zero attached hydrogens (tertiary/aromatic N) is 1. The minimum atomic E-state index is -4.39. The molecule has 0 aromatic carbocycles. The summed E-state index contributed by atoms with van der Waals surface area (Å²) >= 11 is 0. The molecule has 0 aliphatic heterocycles. The fourth-order valence-electron chi connectivity index (χ4n) is 3.24. The van der Waals surface area contributed by atoms with Crippen LogP contribution in [0, 0.1) is 0 Å². The van der Waals surface area contributed by atoms with E-state index in [9.17, 15) is 9.46 Å². The maximum Gasteiger partial charge on any atom is 0.268 e. The SMILES string of the molecule is C=CCOC[C@H](COP(=O)([O-])OCC[N+](C)(C)C)OCCCC/C=C\C/C=C\C/C=C\C/C=C\CCCCC. The summed E-state index contributed by atoms with van der Waals surface area (Å²) in [7, 11) is 1.50. The van der Waals surface area contributed by atoms with Crippen LogP contribution in [-0.4, -0.2) is 71.3 Å². The minimum absolute atomic E-state index is 0.0697. The summed E-state index contributed by atoms with van der Waals surface area (Å²) in [6.45, 7) is 7.43.